The van der Waals surface area contributed by atoms with Crippen molar-refractivity contribution in [3.63, 3.8) is 0 Å². The topological polar surface area (TPSA) is 92.5 Å². The van der Waals surface area contributed by atoms with Crippen LogP contribution >= 0.6 is 0 Å². The van der Waals surface area contributed by atoms with E-state index in [2.05, 4.69) is 5.32 Å². The number of non-ortho nitro benzene ring substituents is 1. The number of carboxylic acids is 1. The summed E-state index contributed by atoms with van der Waals surface area (Å²) in [6.45, 7) is 0.668. The zero-order valence-corrected chi connectivity index (χ0v) is 11.2. The van der Waals surface area contributed by atoms with Crippen molar-refractivity contribution in [3.05, 3.63) is 33.9 Å². The number of anilines is 1. The number of benzene rings is 1. The fourth-order valence-corrected chi connectivity index (χ4v) is 2.62. The SMILES string of the molecule is O=C(O)c1ccc([N+](=O)[O-])cc1NCC1CCCCC1. The molecule has 6 heteroatoms. The first-order valence-electron chi connectivity index (χ1n) is 6.83. The van der Waals surface area contributed by atoms with E-state index in [1.165, 1.54) is 37.5 Å². The Kier molecular flexibility index (Phi) is 4.55. The highest BCUT2D eigenvalue weighted by Crippen LogP contribution is 2.26. The van der Waals surface area contributed by atoms with Crippen LogP contribution in [0.2, 0.25) is 0 Å². The number of rotatable bonds is 5. The molecule has 0 radical (unpaired) electrons. The molecule has 0 aromatic heterocycles. The molecule has 0 spiro atoms. The number of nitrogens with zero attached hydrogens (tertiary/aromatic N) is 1. The third-order valence-corrected chi connectivity index (χ3v) is 3.75. The van der Waals surface area contributed by atoms with Gasteiger partial charge in [0.15, 0.2) is 0 Å². The van der Waals surface area contributed by atoms with E-state index >= 15 is 0 Å². The van der Waals surface area contributed by atoms with Gasteiger partial charge in [0.05, 0.1) is 16.2 Å². The number of hydrogen-bond donors (Lipinski definition) is 2. The molecule has 20 heavy (non-hydrogen) atoms. The molecule has 0 amide bonds. The smallest absolute Gasteiger partial charge is 0.337 e. The number of nitro benzene ring substituents is 1. The van der Waals surface area contributed by atoms with Gasteiger partial charge in [-0.2, -0.15) is 0 Å². The van der Waals surface area contributed by atoms with E-state index in [1.54, 1.807) is 0 Å². The van der Waals surface area contributed by atoms with Crippen LogP contribution in [0.5, 0.6) is 0 Å². The molecule has 0 atom stereocenters. The monoisotopic (exact) mass is 278 g/mol. The molecule has 0 aliphatic heterocycles. The molecule has 1 fully saturated rings. The van der Waals surface area contributed by atoms with Gasteiger partial charge in [0.2, 0.25) is 0 Å². The van der Waals surface area contributed by atoms with Gasteiger partial charge in [0.25, 0.3) is 5.69 Å². The Balaban J connectivity index is 2.12. The summed E-state index contributed by atoms with van der Waals surface area (Å²) in [7, 11) is 0. The van der Waals surface area contributed by atoms with Gasteiger partial charge >= 0.3 is 5.97 Å². The van der Waals surface area contributed by atoms with E-state index in [-0.39, 0.29) is 11.3 Å². The lowest BCUT2D eigenvalue weighted by molar-refractivity contribution is -0.384. The number of nitro groups is 1. The van der Waals surface area contributed by atoms with E-state index in [0.29, 0.717) is 18.2 Å². The lowest BCUT2D eigenvalue weighted by Gasteiger charge is -2.22. The van der Waals surface area contributed by atoms with Crippen LogP contribution in [0.15, 0.2) is 18.2 Å². The lowest BCUT2D eigenvalue weighted by atomic mass is 9.89. The summed E-state index contributed by atoms with van der Waals surface area (Å²) in [5.74, 6) is -0.560. The quantitative estimate of drug-likeness (QED) is 0.637. The normalized spacial score (nSPS) is 15.8. The Bertz CT molecular complexity index is 510. The van der Waals surface area contributed by atoms with Gasteiger partial charge in [-0.05, 0) is 24.8 Å². The lowest BCUT2D eigenvalue weighted by Crippen LogP contribution is -2.18. The maximum atomic E-state index is 11.1. The third-order valence-electron chi connectivity index (χ3n) is 3.75. The second-order valence-corrected chi connectivity index (χ2v) is 5.18. The molecule has 2 rings (SSSR count). The number of hydrogen-bond acceptors (Lipinski definition) is 4. The van der Waals surface area contributed by atoms with Crippen LogP contribution < -0.4 is 5.32 Å². The van der Waals surface area contributed by atoms with E-state index in [9.17, 15) is 14.9 Å². The van der Waals surface area contributed by atoms with Crippen LogP contribution in [0, 0.1) is 16.0 Å². The van der Waals surface area contributed by atoms with Crippen LogP contribution in [0.25, 0.3) is 0 Å². The van der Waals surface area contributed by atoms with Crippen LogP contribution in [0.1, 0.15) is 42.5 Å². The van der Waals surface area contributed by atoms with Crippen LogP contribution in [-0.2, 0) is 0 Å². The molecule has 0 saturated heterocycles. The molecule has 1 aromatic carbocycles. The number of carboxylic acid groups (broad SMARTS) is 1. The minimum absolute atomic E-state index is 0.0754. The predicted molar refractivity (Wildman–Crippen MR) is 75.1 cm³/mol. The number of aromatic carboxylic acids is 1. The second kappa shape index (κ2) is 6.36. The maximum absolute atomic E-state index is 11.1. The zero-order chi connectivity index (χ0) is 14.5. The van der Waals surface area contributed by atoms with Gasteiger partial charge in [-0.3, -0.25) is 10.1 Å². The maximum Gasteiger partial charge on any atom is 0.337 e. The number of carbonyl (C=O) groups is 1. The van der Waals surface area contributed by atoms with Crippen molar-refractivity contribution in [2.24, 2.45) is 5.92 Å². The standard InChI is InChI=1S/C14H18N2O4/c17-14(18)12-7-6-11(16(19)20)8-13(12)15-9-10-4-2-1-3-5-10/h6-8,10,15H,1-5,9H2,(H,17,18). The summed E-state index contributed by atoms with van der Waals surface area (Å²) < 4.78 is 0. The van der Waals surface area contributed by atoms with Crippen LogP contribution in [-0.4, -0.2) is 22.5 Å². The highest BCUT2D eigenvalue weighted by atomic mass is 16.6. The molecule has 1 saturated carbocycles. The summed E-state index contributed by atoms with van der Waals surface area (Å²) in [5.41, 5.74) is 0.310. The Morgan fingerprint density at radius 2 is 2.05 bits per heavy atom. The molecular weight excluding hydrogens is 260 g/mol. The van der Waals surface area contributed by atoms with Crippen molar-refractivity contribution < 1.29 is 14.8 Å². The fraction of sp³-hybridized carbons (Fsp3) is 0.500. The summed E-state index contributed by atoms with van der Waals surface area (Å²) in [6, 6.07) is 3.80. The molecule has 1 aromatic rings. The highest BCUT2D eigenvalue weighted by Gasteiger charge is 2.17. The van der Waals surface area contributed by atoms with E-state index in [4.69, 9.17) is 5.11 Å². The first-order chi connectivity index (χ1) is 9.58. The summed E-state index contributed by atoms with van der Waals surface area (Å²) >= 11 is 0. The highest BCUT2D eigenvalue weighted by molar-refractivity contribution is 5.94. The Morgan fingerprint density at radius 3 is 2.65 bits per heavy atom. The van der Waals surface area contributed by atoms with Gasteiger partial charge in [-0.1, -0.05) is 19.3 Å². The van der Waals surface area contributed by atoms with Crippen molar-refractivity contribution in [1.29, 1.82) is 0 Å². The van der Waals surface area contributed by atoms with Gasteiger partial charge < -0.3 is 10.4 Å². The van der Waals surface area contributed by atoms with Crippen molar-refractivity contribution in [3.8, 4) is 0 Å². The fourth-order valence-electron chi connectivity index (χ4n) is 2.62. The first-order valence-corrected chi connectivity index (χ1v) is 6.83. The predicted octanol–water partition coefficient (Wildman–Crippen LogP) is 3.29. The molecule has 6 nitrogen and oxygen atoms in total. The van der Waals surface area contributed by atoms with Gasteiger partial charge in [0.1, 0.15) is 0 Å². The van der Waals surface area contributed by atoms with Crippen molar-refractivity contribution in [2.75, 3.05) is 11.9 Å². The molecule has 0 heterocycles. The number of nitrogens with one attached hydrogen (secondary N) is 1. The minimum Gasteiger partial charge on any atom is -0.478 e. The first kappa shape index (κ1) is 14.3. The summed E-state index contributed by atoms with van der Waals surface area (Å²) in [4.78, 5) is 21.4. The Hall–Kier alpha value is -2.11. The van der Waals surface area contributed by atoms with Crippen molar-refractivity contribution in [1.82, 2.24) is 0 Å². The molecule has 2 N–H and O–H groups in total. The van der Waals surface area contributed by atoms with Crippen LogP contribution in [0.3, 0.4) is 0 Å². The molecule has 1 aliphatic carbocycles. The van der Waals surface area contributed by atoms with Gasteiger partial charge in [0, 0.05) is 18.7 Å². The average molecular weight is 278 g/mol. The minimum atomic E-state index is -1.08. The Morgan fingerprint density at radius 1 is 1.35 bits per heavy atom. The molecule has 1 aliphatic rings. The van der Waals surface area contributed by atoms with Gasteiger partial charge in [-0.25, -0.2) is 4.79 Å². The van der Waals surface area contributed by atoms with Crippen molar-refractivity contribution >= 4 is 17.3 Å². The molecule has 0 unspecified atom stereocenters. The van der Waals surface area contributed by atoms with E-state index in [1.807, 2.05) is 0 Å². The van der Waals surface area contributed by atoms with Gasteiger partial charge in [-0.15, -0.1) is 0 Å². The largest absolute Gasteiger partial charge is 0.478 e. The molecule has 0 bridgehead atoms. The van der Waals surface area contributed by atoms with Crippen LogP contribution in [0.4, 0.5) is 11.4 Å². The van der Waals surface area contributed by atoms with Crippen molar-refractivity contribution in [2.45, 2.75) is 32.1 Å². The average Bonchev–Trinajstić information content (AvgIpc) is 2.45. The van der Waals surface area contributed by atoms with E-state index < -0.39 is 10.9 Å². The Labute approximate surface area is 117 Å². The summed E-state index contributed by atoms with van der Waals surface area (Å²) in [5, 5.41) is 23.0. The summed E-state index contributed by atoms with van der Waals surface area (Å²) in [6.07, 6.45) is 5.92. The molecular formula is C14H18N2O4. The van der Waals surface area contributed by atoms with E-state index in [0.717, 1.165) is 12.8 Å². The zero-order valence-electron chi connectivity index (χ0n) is 11.2. The molecule has 108 valence electrons. The third kappa shape index (κ3) is 3.46. The second-order valence-electron chi connectivity index (χ2n) is 5.18.